The van der Waals surface area contributed by atoms with Crippen molar-refractivity contribution in [3.8, 4) is 22.8 Å². The van der Waals surface area contributed by atoms with Gasteiger partial charge >= 0.3 is 0 Å². The highest BCUT2D eigenvalue weighted by Gasteiger charge is 2.34. The quantitative estimate of drug-likeness (QED) is 0.205. The standard InChI is InChI=1S/C31H27NO6/c1-36-22-17-27(37-2)29-25(33)19-26(38-28(29)18-22)21-14-12-20(13-15-21)9-5-3-4-8-16-32-30(34)23-10-6-7-11-24(23)31(32)35/h5-7,9-15,17-19H,3-4,8,16H2,1-2H3/b9-5+. The molecule has 0 bridgehead atoms. The van der Waals surface area contributed by atoms with Gasteiger partial charge in [-0.1, -0.05) is 48.6 Å². The highest BCUT2D eigenvalue weighted by molar-refractivity contribution is 6.21. The van der Waals surface area contributed by atoms with Crippen molar-refractivity contribution in [1.82, 2.24) is 4.90 Å². The lowest BCUT2D eigenvalue weighted by Gasteiger charge is -2.12. The molecular formula is C31H27NO6. The van der Waals surface area contributed by atoms with Gasteiger partial charge in [-0.05, 0) is 37.0 Å². The lowest BCUT2D eigenvalue weighted by molar-refractivity contribution is 0.0652. The van der Waals surface area contributed by atoms with Crippen molar-refractivity contribution < 1.29 is 23.5 Å². The summed E-state index contributed by atoms with van der Waals surface area (Å²) in [5, 5.41) is 0.375. The molecule has 3 aromatic carbocycles. The van der Waals surface area contributed by atoms with E-state index in [1.807, 2.05) is 30.3 Å². The second kappa shape index (κ2) is 10.8. The first-order valence-corrected chi connectivity index (χ1v) is 12.4. The first-order valence-electron chi connectivity index (χ1n) is 12.4. The van der Waals surface area contributed by atoms with Crippen LogP contribution in [0, 0.1) is 0 Å². The number of ether oxygens (including phenoxy) is 2. The molecule has 0 saturated heterocycles. The Labute approximate surface area is 219 Å². The van der Waals surface area contributed by atoms with Crippen LogP contribution in [0.25, 0.3) is 28.4 Å². The zero-order chi connectivity index (χ0) is 26.6. The van der Waals surface area contributed by atoms with Gasteiger partial charge < -0.3 is 13.9 Å². The molecule has 0 saturated carbocycles. The monoisotopic (exact) mass is 509 g/mol. The van der Waals surface area contributed by atoms with Gasteiger partial charge in [0.15, 0.2) is 5.43 Å². The van der Waals surface area contributed by atoms with Gasteiger partial charge in [-0.2, -0.15) is 0 Å². The predicted molar refractivity (Wildman–Crippen MR) is 146 cm³/mol. The van der Waals surface area contributed by atoms with Crippen LogP contribution in [-0.2, 0) is 0 Å². The maximum absolute atomic E-state index is 12.8. The van der Waals surface area contributed by atoms with Gasteiger partial charge in [0, 0.05) is 30.3 Å². The number of carbonyl (C=O) groups excluding carboxylic acids is 2. The number of unbranched alkanes of at least 4 members (excludes halogenated alkanes) is 2. The highest BCUT2D eigenvalue weighted by atomic mass is 16.5. The molecule has 7 heteroatoms. The minimum atomic E-state index is -0.207. The van der Waals surface area contributed by atoms with Crippen LogP contribution < -0.4 is 14.9 Å². The summed E-state index contributed by atoms with van der Waals surface area (Å²) in [7, 11) is 3.05. The smallest absolute Gasteiger partial charge is 0.261 e. The number of allylic oxidation sites excluding steroid dienone is 1. The molecule has 7 nitrogen and oxygen atoms in total. The number of hydrogen-bond acceptors (Lipinski definition) is 6. The van der Waals surface area contributed by atoms with E-state index in [1.54, 1.807) is 43.5 Å². The van der Waals surface area contributed by atoms with Crippen LogP contribution >= 0.6 is 0 Å². The Morgan fingerprint density at radius 2 is 1.55 bits per heavy atom. The third kappa shape index (κ3) is 4.83. The first kappa shape index (κ1) is 25.0. The zero-order valence-corrected chi connectivity index (χ0v) is 21.2. The summed E-state index contributed by atoms with van der Waals surface area (Å²) < 4.78 is 16.7. The molecule has 5 rings (SSSR count). The van der Waals surface area contributed by atoms with E-state index in [4.69, 9.17) is 13.9 Å². The molecule has 0 fully saturated rings. The number of benzene rings is 3. The molecule has 0 atom stereocenters. The van der Waals surface area contributed by atoms with E-state index in [1.165, 1.54) is 18.1 Å². The van der Waals surface area contributed by atoms with Gasteiger partial charge in [0.1, 0.15) is 28.2 Å². The van der Waals surface area contributed by atoms with Crippen LogP contribution in [0.3, 0.4) is 0 Å². The highest BCUT2D eigenvalue weighted by Crippen LogP contribution is 2.32. The molecule has 2 amide bonds. The van der Waals surface area contributed by atoms with E-state index >= 15 is 0 Å². The van der Waals surface area contributed by atoms with Gasteiger partial charge in [-0.25, -0.2) is 0 Å². The zero-order valence-electron chi connectivity index (χ0n) is 21.2. The lowest BCUT2D eigenvalue weighted by atomic mass is 10.1. The van der Waals surface area contributed by atoms with Crippen LogP contribution in [0.2, 0.25) is 0 Å². The molecule has 0 unspecified atom stereocenters. The van der Waals surface area contributed by atoms with Crippen molar-refractivity contribution in [2.24, 2.45) is 0 Å². The summed E-state index contributed by atoms with van der Waals surface area (Å²) >= 11 is 0. The topological polar surface area (TPSA) is 86.0 Å². The van der Waals surface area contributed by atoms with Gasteiger partial charge in [-0.15, -0.1) is 0 Å². The Bertz CT molecular complexity index is 1560. The Kier molecular flexibility index (Phi) is 7.09. The molecule has 2 heterocycles. The number of nitrogens with zero attached hydrogens (tertiary/aromatic N) is 1. The van der Waals surface area contributed by atoms with Crippen LogP contribution in [0.1, 0.15) is 45.5 Å². The molecule has 1 aliphatic heterocycles. The predicted octanol–water partition coefficient (Wildman–Crippen LogP) is 5.96. The van der Waals surface area contributed by atoms with E-state index in [2.05, 4.69) is 6.08 Å². The van der Waals surface area contributed by atoms with Gasteiger partial charge in [0.25, 0.3) is 11.8 Å². The maximum atomic E-state index is 12.8. The first-order chi connectivity index (χ1) is 18.5. The minimum absolute atomic E-state index is 0.189. The fraction of sp³-hybridized carbons (Fsp3) is 0.194. The van der Waals surface area contributed by atoms with Crippen molar-refractivity contribution in [2.75, 3.05) is 20.8 Å². The number of amides is 2. The average Bonchev–Trinajstić information content (AvgIpc) is 3.19. The lowest BCUT2D eigenvalue weighted by Crippen LogP contribution is -2.30. The number of methoxy groups -OCH3 is 2. The molecule has 0 aliphatic carbocycles. The molecule has 192 valence electrons. The number of imide groups is 1. The molecule has 1 aromatic heterocycles. The van der Waals surface area contributed by atoms with E-state index in [0.717, 1.165) is 30.4 Å². The van der Waals surface area contributed by atoms with Crippen molar-refractivity contribution in [3.63, 3.8) is 0 Å². The van der Waals surface area contributed by atoms with Crippen molar-refractivity contribution >= 4 is 28.9 Å². The molecule has 4 aromatic rings. The summed E-state index contributed by atoms with van der Waals surface area (Å²) in [5.41, 5.74) is 2.98. The second-order valence-corrected chi connectivity index (χ2v) is 9.01. The molecule has 0 spiro atoms. The molecule has 0 radical (unpaired) electrons. The van der Waals surface area contributed by atoms with E-state index in [-0.39, 0.29) is 17.2 Å². The van der Waals surface area contributed by atoms with E-state index in [0.29, 0.717) is 45.9 Å². The van der Waals surface area contributed by atoms with E-state index in [9.17, 15) is 14.4 Å². The van der Waals surface area contributed by atoms with Crippen LogP contribution in [0.5, 0.6) is 11.5 Å². The Morgan fingerprint density at radius 1 is 0.842 bits per heavy atom. The van der Waals surface area contributed by atoms with Gasteiger partial charge in [0.05, 0.1) is 25.3 Å². The fourth-order valence-corrected chi connectivity index (χ4v) is 4.60. The van der Waals surface area contributed by atoms with Crippen molar-refractivity contribution in [2.45, 2.75) is 19.3 Å². The molecule has 0 N–H and O–H groups in total. The largest absolute Gasteiger partial charge is 0.496 e. The number of hydrogen-bond donors (Lipinski definition) is 0. The second-order valence-electron chi connectivity index (χ2n) is 9.01. The SMILES string of the molecule is COc1cc(OC)c2c(=O)cc(-c3ccc(/C=C/CCCCN4C(=O)c5ccccc5C4=O)cc3)oc2c1. The maximum Gasteiger partial charge on any atom is 0.261 e. The third-order valence-corrected chi connectivity index (χ3v) is 6.61. The molecule has 1 aliphatic rings. The minimum Gasteiger partial charge on any atom is -0.496 e. The summed E-state index contributed by atoms with van der Waals surface area (Å²) in [6.07, 6.45) is 6.53. The number of fused-ring (bicyclic) bond motifs is 2. The van der Waals surface area contributed by atoms with Crippen LogP contribution in [0.4, 0.5) is 0 Å². The van der Waals surface area contributed by atoms with Gasteiger partial charge in [-0.3, -0.25) is 19.3 Å². The molecule has 38 heavy (non-hydrogen) atoms. The van der Waals surface area contributed by atoms with Crippen molar-refractivity contribution in [1.29, 1.82) is 0 Å². The number of carbonyl (C=O) groups is 2. The third-order valence-electron chi connectivity index (χ3n) is 6.61. The van der Waals surface area contributed by atoms with Crippen LogP contribution in [-0.4, -0.2) is 37.5 Å². The average molecular weight is 510 g/mol. The Balaban J connectivity index is 1.18. The Hall–Kier alpha value is -4.65. The fourth-order valence-electron chi connectivity index (χ4n) is 4.60. The van der Waals surface area contributed by atoms with E-state index < -0.39 is 0 Å². The normalized spacial score (nSPS) is 12.9. The summed E-state index contributed by atoms with van der Waals surface area (Å²) in [6, 6.07) is 19.5. The summed E-state index contributed by atoms with van der Waals surface area (Å²) in [5.74, 6) is 0.993. The van der Waals surface area contributed by atoms with Crippen molar-refractivity contribution in [3.05, 3.63) is 99.7 Å². The van der Waals surface area contributed by atoms with Gasteiger partial charge in [0.2, 0.25) is 0 Å². The summed E-state index contributed by atoms with van der Waals surface area (Å²) in [6.45, 7) is 0.420. The molecular weight excluding hydrogens is 482 g/mol. The van der Waals surface area contributed by atoms with Crippen LogP contribution in [0.15, 0.2) is 82.0 Å². The summed E-state index contributed by atoms with van der Waals surface area (Å²) in [4.78, 5) is 39.0. The number of rotatable bonds is 9. The Morgan fingerprint density at radius 3 is 2.21 bits per heavy atom.